The fourth-order valence-electron chi connectivity index (χ4n) is 2.89. The number of aliphatic hydroxyl groups excluding tert-OH is 1. The minimum absolute atomic E-state index is 0.0931. The highest BCUT2D eigenvalue weighted by Gasteiger charge is 2.42. The second-order valence-corrected chi connectivity index (χ2v) is 5.85. The molecule has 0 spiro atoms. The molecule has 4 nitrogen and oxygen atoms in total. The molecule has 2 fully saturated rings. The third-order valence-corrected chi connectivity index (χ3v) is 4.30. The lowest BCUT2D eigenvalue weighted by molar-refractivity contribution is -0.140. The molecular weight excluding hydrogens is 228 g/mol. The van der Waals surface area contributed by atoms with Gasteiger partial charge >= 0.3 is 0 Å². The molecule has 2 saturated carbocycles. The molecule has 2 aliphatic carbocycles. The molecular formula is C14H22N2O2. The maximum absolute atomic E-state index is 12.4. The maximum atomic E-state index is 12.4. The first kappa shape index (κ1) is 13.4. The summed E-state index contributed by atoms with van der Waals surface area (Å²) in [4.78, 5) is 14.0. The number of likely N-dealkylation sites (N-methyl/N-ethyl adjacent to an activating group) is 1. The van der Waals surface area contributed by atoms with Crippen molar-refractivity contribution in [3.8, 4) is 6.07 Å². The van der Waals surface area contributed by atoms with E-state index in [-0.39, 0.29) is 5.91 Å². The molecule has 0 aromatic heterocycles. The Labute approximate surface area is 109 Å². The van der Waals surface area contributed by atoms with Gasteiger partial charge in [0.1, 0.15) is 5.41 Å². The van der Waals surface area contributed by atoms with Crippen molar-refractivity contribution in [2.75, 3.05) is 13.6 Å². The van der Waals surface area contributed by atoms with Gasteiger partial charge in [-0.3, -0.25) is 4.79 Å². The Morgan fingerprint density at radius 2 is 2.06 bits per heavy atom. The first-order valence-electron chi connectivity index (χ1n) is 6.94. The average Bonchev–Trinajstić information content (AvgIpc) is 3.22. The van der Waals surface area contributed by atoms with Crippen LogP contribution in [0.2, 0.25) is 0 Å². The summed E-state index contributed by atoms with van der Waals surface area (Å²) in [5.74, 6) is 0.272. The van der Waals surface area contributed by atoms with Gasteiger partial charge in [-0.15, -0.1) is 0 Å². The van der Waals surface area contributed by atoms with Crippen LogP contribution in [-0.4, -0.2) is 35.6 Å². The molecule has 0 aliphatic heterocycles. The van der Waals surface area contributed by atoms with E-state index in [2.05, 4.69) is 6.07 Å². The summed E-state index contributed by atoms with van der Waals surface area (Å²) >= 11 is 0. The van der Waals surface area contributed by atoms with Gasteiger partial charge in [-0.05, 0) is 31.6 Å². The number of rotatable bonds is 4. The third kappa shape index (κ3) is 2.67. The van der Waals surface area contributed by atoms with Crippen LogP contribution in [0, 0.1) is 22.7 Å². The Bertz CT molecular complexity index is 351. The monoisotopic (exact) mass is 250 g/mol. The highest BCUT2D eigenvalue weighted by atomic mass is 16.3. The number of amides is 1. The van der Waals surface area contributed by atoms with E-state index in [1.165, 1.54) is 0 Å². The van der Waals surface area contributed by atoms with Crippen LogP contribution in [0.1, 0.15) is 44.9 Å². The second-order valence-electron chi connectivity index (χ2n) is 5.85. The van der Waals surface area contributed by atoms with Crippen LogP contribution in [0.25, 0.3) is 0 Å². The summed E-state index contributed by atoms with van der Waals surface area (Å²) in [6, 6.07) is 2.24. The molecule has 1 atom stereocenters. The molecule has 2 aliphatic rings. The number of carbonyl (C=O) groups is 1. The fourth-order valence-corrected chi connectivity index (χ4v) is 2.89. The molecule has 0 saturated heterocycles. The van der Waals surface area contributed by atoms with Crippen LogP contribution < -0.4 is 0 Å². The summed E-state index contributed by atoms with van der Waals surface area (Å²) in [7, 11) is 1.71. The molecule has 0 aromatic rings. The fraction of sp³-hybridized carbons (Fsp3) is 0.857. The van der Waals surface area contributed by atoms with E-state index in [1.807, 2.05) is 0 Å². The summed E-state index contributed by atoms with van der Waals surface area (Å²) in [6.07, 6.45) is 6.08. The highest BCUT2D eigenvalue weighted by molar-refractivity contribution is 5.85. The van der Waals surface area contributed by atoms with Crippen LogP contribution in [0.5, 0.6) is 0 Å². The third-order valence-electron chi connectivity index (χ3n) is 4.30. The lowest BCUT2D eigenvalue weighted by atomic mass is 9.74. The number of aliphatic hydroxyl groups is 1. The van der Waals surface area contributed by atoms with Crippen molar-refractivity contribution in [1.29, 1.82) is 5.26 Å². The van der Waals surface area contributed by atoms with Crippen LogP contribution >= 0.6 is 0 Å². The standard InChI is InChI=1S/C14H22N2O2/c1-16(9-12(17)11-5-6-11)13(18)14(10-15)7-3-2-4-8-14/h11-12,17H,2-9H2,1H3. The predicted octanol–water partition coefficient (Wildman–Crippen LogP) is 1.69. The van der Waals surface area contributed by atoms with E-state index in [1.54, 1.807) is 11.9 Å². The number of nitrogens with zero attached hydrogens (tertiary/aromatic N) is 2. The first-order valence-corrected chi connectivity index (χ1v) is 6.94. The lowest BCUT2D eigenvalue weighted by Crippen LogP contribution is -2.45. The summed E-state index contributed by atoms with van der Waals surface area (Å²) < 4.78 is 0. The number of hydrogen-bond acceptors (Lipinski definition) is 3. The Morgan fingerprint density at radius 1 is 1.44 bits per heavy atom. The molecule has 1 amide bonds. The van der Waals surface area contributed by atoms with E-state index in [0.29, 0.717) is 25.3 Å². The molecule has 0 bridgehead atoms. The number of carbonyl (C=O) groups excluding carboxylic acids is 1. The Hall–Kier alpha value is -1.08. The van der Waals surface area contributed by atoms with Crippen molar-refractivity contribution >= 4 is 5.91 Å². The number of hydrogen-bond donors (Lipinski definition) is 1. The molecule has 100 valence electrons. The van der Waals surface area contributed by atoms with E-state index in [9.17, 15) is 15.2 Å². The Morgan fingerprint density at radius 3 is 2.56 bits per heavy atom. The SMILES string of the molecule is CN(CC(O)C1CC1)C(=O)C1(C#N)CCCCC1. The Kier molecular flexibility index (Phi) is 3.91. The second kappa shape index (κ2) is 5.27. The van der Waals surface area contributed by atoms with Gasteiger partial charge in [-0.25, -0.2) is 0 Å². The van der Waals surface area contributed by atoms with Gasteiger partial charge in [0.15, 0.2) is 0 Å². The van der Waals surface area contributed by atoms with Crippen molar-refractivity contribution in [3.63, 3.8) is 0 Å². The zero-order valence-corrected chi connectivity index (χ0v) is 11.1. The van der Waals surface area contributed by atoms with Crippen molar-refractivity contribution < 1.29 is 9.90 Å². The molecule has 18 heavy (non-hydrogen) atoms. The van der Waals surface area contributed by atoms with Gasteiger partial charge in [-0.1, -0.05) is 19.3 Å². The van der Waals surface area contributed by atoms with Gasteiger partial charge in [0.25, 0.3) is 0 Å². The predicted molar refractivity (Wildman–Crippen MR) is 67.5 cm³/mol. The molecule has 1 N–H and O–H groups in total. The van der Waals surface area contributed by atoms with E-state index < -0.39 is 11.5 Å². The van der Waals surface area contributed by atoms with E-state index >= 15 is 0 Å². The molecule has 4 heteroatoms. The molecule has 0 aromatic carbocycles. The zero-order chi connectivity index (χ0) is 13.2. The van der Waals surface area contributed by atoms with Crippen LogP contribution in [0.4, 0.5) is 0 Å². The van der Waals surface area contributed by atoms with Gasteiger partial charge in [0.05, 0.1) is 12.2 Å². The number of nitriles is 1. The van der Waals surface area contributed by atoms with Gasteiger partial charge in [0, 0.05) is 13.6 Å². The smallest absolute Gasteiger partial charge is 0.242 e. The van der Waals surface area contributed by atoms with Crippen molar-refractivity contribution in [2.45, 2.75) is 51.0 Å². The largest absolute Gasteiger partial charge is 0.391 e. The quantitative estimate of drug-likeness (QED) is 0.825. The van der Waals surface area contributed by atoms with Crippen LogP contribution in [0.3, 0.4) is 0 Å². The van der Waals surface area contributed by atoms with Crippen LogP contribution in [-0.2, 0) is 4.79 Å². The first-order chi connectivity index (χ1) is 8.59. The van der Waals surface area contributed by atoms with Gasteiger partial charge in [-0.2, -0.15) is 5.26 Å². The minimum atomic E-state index is -0.823. The van der Waals surface area contributed by atoms with E-state index in [4.69, 9.17) is 0 Å². The lowest BCUT2D eigenvalue weighted by Gasteiger charge is -2.33. The van der Waals surface area contributed by atoms with Crippen molar-refractivity contribution in [3.05, 3.63) is 0 Å². The minimum Gasteiger partial charge on any atom is -0.391 e. The van der Waals surface area contributed by atoms with Crippen LogP contribution in [0.15, 0.2) is 0 Å². The van der Waals surface area contributed by atoms with Crippen molar-refractivity contribution in [2.24, 2.45) is 11.3 Å². The Balaban J connectivity index is 1.97. The topological polar surface area (TPSA) is 64.3 Å². The van der Waals surface area contributed by atoms with Gasteiger partial charge < -0.3 is 10.0 Å². The normalized spacial score (nSPS) is 24.1. The zero-order valence-electron chi connectivity index (χ0n) is 11.1. The average molecular weight is 250 g/mol. The van der Waals surface area contributed by atoms with Crippen molar-refractivity contribution in [1.82, 2.24) is 4.90 Å². The maximum Gasteiger partial charge on any atom is 0.242 e. The highest BCUT2D eigenvalue weighted by Crippen LogP contribution is 2.38. The molecule has 0 heterocycles. The molecule has 1 unspecified atom stereocenters. The summed E-state index contributed by atoms with van der Waals surface area (Å²) in [5.41, 5.74) is -0.823. The molecule has 2 rings (SSSR count). The molecule has 0 radical (unpaired) electrons. The van der Waals surface area contributed by atoms with Gasteiger partial charge in [0.2, 0.25) is 5.91 Å². The van der Waals surface area contributed by atoms with E-state index in [0.717, 1.165) is 32.1 Å². The summed E-state index contributed by atoms with van der Waals surface area (Å²) in [6.45, 7) is 0.368. The summed E-state index contributed by atoms with van der Waals surface area (Å²) in [5, 5.41) is 19.2.